The quantitative estimate of drug-likeness (QED) is 0.627. The molecule has 2 amide bonds. The molecule has 1 aromatic carbocycles. The molecule has 2 atom stereocenters. The lowest BCUT2D eigenvalue weighted by molar-refractivity contribution is -0.160. The number of hydrogen-bond donors (Lipinski definition) is 1. The fraction of sp³-hybridized carbons (Fsp3) is 0.591. The van der Waals surface area contributed by atoms with Gasteiger partial charge in [0.15, 0.2) is 11.5 Å². The van der Waals surface area contributed by atoms with Gasteiger partial charge in [-0.15, -0.1) is 0 Å². The van der Waals surface area contributed by atoms with Gasteiger partial charge in [-0.2, -0.15) is 0 Å². The van der Waals surface area contributed by atoms with E-state index in [0.717, 1.165) is 4.90 Å². The van der Waals surface area contributed by atoms with Crippen LogP contribution in [0.25, 0.3) is 0 Å². The fourth-order valence-corrected chi connectivity index (χ4v) is 4.87. The second kappa shape index (κ2) is 9.54. The number of amides is 2. The van der Waals surface area contributed by atoms with Crippen molar-refractivity contribution in [2.24, 2.45) is 0 Å². The molecule has 32 heavy (non-hydrogen) atoms. The average molecular weight is 450 g/mol. The molecule has 2 heterocycles. The van der Waals surface area contributed by atoms with E-state index >= 15 is 0 Å². The van der Waals surface area contributed by atoms with Crippen molar-refractivity contribution in [3.8, 4) is 17.2 Å². The number of methoxy groups -OCH3 is 4. The van der Waals surface area contributed by atoms with E-state index in [1.165, 1.54) is 33.3 Å². The van der Waals surface area contributed by atoms with Crippen molar-refractivity contribution in [3.05, 3.63) is 17.7 Å². The molecular weight excluding hydrogens is 420 g/mol. The first-order valence-electron chi connectivity index (χ1n) is 10.5. The number of ether oxygens (including phenoxy) is 4. The van der Waals surface area contributed by atoms with Crippen LogP contribution >= 0.6 is 0 Å². The largest absolute Gasteiger partial charge is 0.493 e. The van der Waals surface area contributed by atoms with Crippen molar-refractivity contribution >= 4 is 18.0 Å². The summed E-state index contributed by atoms with van der Waals surface area (Å²) in [5.41, 5.74) is -0.547. The second-order valence-electron chi connectivity index (χ2n) is 7.96. The smallest absolute Gasteiger partial charge is 0.407 e. The Kier molecular flexibility index (Phi) is 7.00. The van der Waals surface area contributed by atoms with E-state index in [4.69, 9.17) is 18.9 Å². The van der Waals surface area contributed by atoms with Crippen molar-refractivity contribution in [2.75, 3.05) is 41.5 Å². The van der Waals surface area contributed by atoms with Gasteiger partial charge < -0.3 is 29.0 Å². The zero-order valence-corrected chi connectivity index (χ0v) is 18.9. The molecule has 0 aromatic heterocycles. The molecule has 2 saturated heterocycles. The molecule has 10 nitrogen and oxygen atoms in total. The molecule has 2 aliphatic rings. The molecule has 2 unspecified atom stereocenters. The summed E-state index contributed by atoms with van der Waals surface area (Å²) in [6, 6.07) is 2.69. The van der Waals surface area contributed by atoms with Crippen LogP contribution in [0.15, 0.2) is 12.1 Å². The van der Waals surface area contributed by atoms with Gasteiger partial charge in [0.1, 0.15) is 11.6 Å². The summed E-state index contributed by atoms with van der Waals surface area (Å²) in [7, 11) is 5.80. The van der Waals surface area contributed by atoms with Gasteiger partial charge in [0.2, 0.25) is 11.7 Å². The summed E-state index contributed by atoms with van der Waals surface area (Å²) in [4.78, 5) is 40.8. The van der Waals surface area contributed by atoms with Crippen molar-refractivity contribution in [1.29, 1.82) is 0 Å². The topological polar surface area (TPSA) is 115 Å². The van der Waals surface area contributed by atoms with Crippen LogP contribution in [-0.4, -0.2) is 86.0 Å². The average Bonchev–Trinajstić information content (AvgIpc) is 3.45. The Bertz CT molecular complexity index is 864. The molecular formula is C22H30N2O8. The van der Waals surface area contributed by atoms with Crippen molar-refractivity contribution < 1.29 is 38.4 Å². The monoisotopic (exact) mass is 450 g/mol. The summed E-state index contributed by atoms with van der Waals surface area (Å²) < 4.78 is 21.4. The zero-order valence-electron chi connectivity index (χ0n) is 18.9. The highest BCUT2D eigenvalue weighted by molar-refractivity contribution is 5.93. The Morgan fingerprint density at radius 3 is 2.22 bits per heavy atom. The molecule has 0 aliphatic carbocycles. The maximum atomic E-state index is 13.5. The molecule has 0 radical (unpaired) electrons. The van der Waals surface area contributed by atoms with Gasteiger partial charge in [0.05, 0.1) is 28.4 Å². The zero-order chi connectivity index (χ0) is 23.5. The Hall–Kier alpha value is -3.17. The van der Waals surface area contributed by atoms with E-state index in [1.807, 2.05) is 0 Å². The molecule has 3 rings (SSSR count). The maximum Gasteiger partial charge on any atom is 0.407 e. The van der Waals surface area contributed by atoms with Gasteiger partial charge in [0.25, 0.3) is 0 Å². The van der Waals surface area contributed by atoms with Crippen molar-refractivity contribution in [3.63, 3.8) is 0 Å². The van der Waals surface area contributed by atoms with E-state index in [-0.39, 0.29) is 12.3 Å². The van der Waals surface area contributed by atoms with E-state index in [1.54, 1.807) is 12.1 Å². The molecule has 2 aliphatic heterocycles. The van der Waals surface area contributed by atoms with E-state index < -0.39 is 23.6 Å². The van der Waals surface area contributed by atoms with E-state index in [0.29, 0.717) is 61.6 Å². The van der Waals surface area contributed by atoms with Crippen LogP contribution in [0.5, 0.6) is 17.2 Å². The van der Waals surface area contributed by atoms with Gasteiger partial charge >= 0.3 is 12.1 Å². The van der Waals surface area contributed by atoms with Crippen LogP contribution in [-0.2, 0) is 20.7 Å². The van der Waals surface area contributed by atoms with Crippen molar-refractivity contribution in [2.45, 2.75) is 43.7 Å². The number of nitrogens with zero attached hydrogens (tertiary/aromatic N) is 2. The summed E-state index contributed by atoms with van der Waals surface area (Å²) in [6.07, 6.45) is 1.08. The van der Waals surface area contributed by atoms with Crippen LogP contribution in [0, 0.1) is 0 Å². The minimum atomic E-state index is -1.25. The number of esters is 1. The highest BCUT2D eigenvalue weighted by Gasteiger charge is 2.53. The molecule has 10 heteroatoms. The normalized spacial score (nSPS) is 22.6. The Labute approximate surface area is 187 Å². The van der Waals surface area contributed by atoms with Gasteiger partial charge in [-0.25, -0.2) is 9.59 Å². The molecule has 176 valence electrons. The number of rotatable bonds is 7. The predicted molar refractivity (Wildman–Crippen MR) is 113 cm³/mol. The highest BCUT2D eigenvalue weighted by Crippen LogP contribution is 2.42. The molecule has 1 N–H and O–H groups in total. The van der Waals surface area contributed by atoms with E-state index in [9.17, 15) is 19.5 Å². The highest BCUT2D eigenvalue weighted by atomic mass is 16.5. The van der Waals surface area contributed by atoms with Crippen LogP contribution in [0.2, 0.25) is 0 Å². The van der Waals surface area contributed by atoms with Crippen LogP contribution in [0.4, 0.5) is 4.79 Å². The fourth-order valence-electron chi connectivity index (χ4n) is 4.87. The lowest BCUT2D eigenvalue weighted by Crippen LogP contribution is -2.59. The minimum Gasteiger partial charge on any atom is -0.493 e. The lowest BCUT2D eigenvalue weighted by atomic mass is 9.87. The minimum absolute atomic E-state index is 0.169. The Morgan fingerprint density at radius 2 is 1.69 bits per heavy atom. The second-order valence-corrected chi connectivity index (χ2v) is 7.96. The molecule has 0 saturated carbocycles. The van der Waals surface area contributed by atoms with Crippen LogP contribution < -0.4 is 14.2 Å². The van der Waals surface area contributed by atoms with E-state index in [2.05, 4.69) is 0 Å². The third-order valence-electron chi connectivity index (χ3n) is 6.32. The van der Waals surface area contributed by atoms with Gasteiger partial charge in [-0.3, -0.25) is 9.69 Å². The van der Waals surface area contributed by atoms with Gasteiger partial charge in [0, 0.05) is 19.5 Å². The molecule has 1 aromatic rings. The summed E-state index contributed by atoms with van der Waals surface area (Å²) in [6.45, 7) is 0.653. The summed E-state index contributed by atoms with van der Waals surface area (Å²) >= 11 is 0. The first-order chi connectivity index (χ1) is 15.3. The number of carbonyl (C=O) groups is 3. The van der Waals surface area contributed by atoms with Crippen LogP contribution in [0.1, 0.15) is 31.2 Å². The number of hydrogen-bond acceptors (Lipinski definition) is 7. The standard InChI is InChI=1S/C22H30N2O8/c1-29-16-11-14(12-17(30-2)18(16)31-3)13-22(20(26)32-4)8-6-10-24(22)19(25)15-7-5-9-23(15)21(27)28/h11-12,15H,5-10,13H2,1-4H3,(H,27,28). The molecule has 0 bridgehead atoms. The summed E-state index contributed by atoms with van der Waals surface area (Å²) in [5.74, 6) is 0.404. The number of carboxylic acid groups (broad SMARTS) is 1. The first kappa shape index (κ1) is 23.5. The van der Waals surface area contributed by atoms with Crippen molar-refractivity contribution in [1.82, 2.24) is 9.80 Å². The SMILES string of the molecule is COC(=O)C1(Cc2cc(OC)c(OC)c(OC)c2)CCCN1C(=O)C1CCCN1C(=O)O. The summed E-state index contributed by atoms with van der Waals surface area (Å²) in [5, 5.41) is 9.48. The Morgan fingerprint density at radius 1 is 1.03 bits per heavy atom. The maximum absolute atomic E-state index is 13.5. The van der Waals surface area contributed by atoms with Gasteiger partial charge in [-0.1, -0.05) is 0 Å². The third kappa shape index (κ3) is 4.01. The first-order valence-corrected chi connectivity index (χ1v) is 10.5. The predicted octanol–water partition coefficient (Wildman–Crippen LogP) is 1.93. The van der Waals surface area contributed by atoms with Gasteiger partial charge in [-0.05, 0) is 43.4 Å². The Balaban J connectivity index is 2.00. The number of benzene rings is 1. The molecule has 2 fully saturated rings. The lowest BCUT2D eigenvalue weighted by Gasteiger charge is -2.38. The third-order valence-corrected chi connectivity index (χ3v) is 6.32. The molecule has 0 spiro atoms. The number of carbonyl (C=O) groups excluding carboxylic acids is 2. The number of likely N-dealkylation sites (tertiary alicyclic amines) is 2. The van der Waals surface area contributed by atoms with Crippen LogP contribution in [0.3, 0.4) is 0 Å².